The van der Waals surface area contributed by atoms with Crippen LogP contribution in [0.25, 0.3) is 22.2 Å². The number of rotatable bonds is 5. The Labute approximate surface area is 257 Å². The van der Waals surface area contributed by atoms with E-state index in [4.69, 9.17) is 0 Å². The Kier molecular flexibility index (Phi) is 9.09. The summed E-state index contributed by atoms with van der Waals surface area (Å²) < 4.78 is 59.0. The van der Waals surface area contributed by atoms with Gasteiger partial charge in [0.25, 0.3) is 0 Å². The number of piperidine rings is 2. The molecule has 0 bridgehead atoms. The Morgan fingerprint density at radius 2 is 1.84 bits per heavy atom. The molecule has 8 nitrogen and oxygen atoms in total. The highest BCUT2D eigenvalue weighted by molar-refractivity contribution is 6.01. The van der Waals surface area contributed by atoms with E-state index >= 15 is 4.39 Å². The Hall–Kier alpha value is -4.16. The van der Waals surface area contributed by atoms with E-state index < -0.39 is 41.2 Å². The topological polar surface area (TPSA) is 109 Å². The number of imide groups is 1. The number of carbonyl (C=O) groups excluding carboxylic acids is 2. The minimum absolute atomic E-state index is 0.0828. The molecule has 3 atom stereocenters. The molecule has 3 unspecified atom stereocenters. The van der Waals surface area contributed by atoms with Gasteiger partial charge in [-0.25, -0.2) is 9.37 Å². The molecule has 2 fully saturated rings. The van der Waals surface area contributed by atoms with Crippen molar-refractivity contribution >= 4 is 22.7 Å². The summed E-state index contributed by atoms with van der Waals surface area (Å²) in [5.74, 6) is -3.63. The number of benzene rings is 2. The summed E-state index contributed by atoms with van der Waals surface area (Å²) in [5, 5.41) is 14.1. The molecule has 2 amide bonds. The van der Waals surface area contributed by atoms with Crippen LogP contribution < -0.4 is 5.32 Å². The van der Waals surface area contributed by atoms with Crippen molar-refractivity contribution in [2.45, 2.75) is 70.2 Å². The van der Waals surface area contributed by atoms with Crippen LogP contribution >= 0.6 is 0 Å². The number of fused-ring (bicyclic) bond motifs is 1. The second-order valence-electron chi connectivity index (χ2n) is 11.4. The maximum atomic E-state index is 16.0. The Balaban J connectivity index is 0.00000196. The van der Waals surface area contributed by atoms with Gasteiger partial charge in [-0.15, -0.1) is 0 Å². The van der Waals surface area contributed by atoms with Gasteiger partial charge in [-0.05, 0) is 55.1 Å². The molecule has 4 aromatic rings. The van der Waals surface area contributed by atoms with Crippen molar-refractivity contribution in [3.8, 4) is 11.3 Å². The maximum absolute atomic E-state index is 16.0. The van der Waals surface area contributed by atoms with E-state index in [2.05, 4.69) is 19.7 Å². The van der Waals surface area contributed by atoms with E-state index in [1.807, 2.05) is 18.7 Å². The van der Waals surface area contributed by atoms with Crippen LogP contribution in [0.2, 0.25) is 0 Å². The minimum atomic E-state index is -4.66. The first-order valence-electron chi connectivity index (χ1n) is 14.9. The third-order valence-corrected chi connectivity index (χ3v) is 8.30. The van der Waals surface area contributed by atoms with Crippen molar-refractivity contribution in [1.29, 1.82) is 0 Å². The zero-order valence-electron chi connectivity index (χ0n) is 25.1. The molecule has 2 N–H and O–H groups in total. The number of nitrogens with one attached hydrogen (secondary N) is 1. The Morgan fingerprint density at radius 1 is 1.11 bits per heavy atom. The van der Waals surface area contributed by atoms with Crippen LogP contribution in [0.4, 0.5) is 17.6 Å². The predicted octanol–water partition coefficient (Wildman–Crippen LogP) is 6.33. The number of amides is 2. The highest BCUT2D eigenvalue weighted by atomic mass is 19.4. The number of nitrogens with zero attached hydrogens (tertiary/aromatic N) is 3. The number of carbonyl (C=O) groups is 2. The van der Waals surface area contributed by atoms with Crippen LogP contribution in [0.3, 0.4) is 0 Å². The molecule has 0 spiro atoms. The van der Waals surface area contributed by atoms with Crippen LogP contribution in [-0.2, 0) is 22.3 Å². The van der Waals surface area contributed by atoms with Crippen molar-refractivity contribution in [1.82, 2.24) is 20.2 Å². The molecular weight excluding hydrogens is 592 g/mol. The van der Waals surface area contributed by atoms with E-state index in [9.17, 15) is 27.9 Å². The van der Waals surface area contributed by atoms with Crippen molar-refractivity contribution in [2.75, 3.05) is 13.1 Å². The third kappa shape index (κ3) is 6.76. The highest BCUT2D eigenvalue weighted by Gasteiger charge is 2.41. The summed E-state index contributed by atoms with van der Waals surface area (Å²) in [6.45, 7) is 7.00. The number of pyridine rings is 1. The zero-order chi connectivity index (χ0) is 32.5. The quantitative estimate of drug-likeness (QED) is 0.197. The molecule has 4 heterocycles. The minimum Gasteiger partial charge on any atom is -0.441 e. The van der Waals surface area contributed by atoms with E-state index in [0.717, 1.165) is 11.8 Å². The van der Waals surface area contributed by atoms with Gasteiger partial charge in [0.15, 0.2) is 0 Å². The molecule has 2 aliphatic rings. The fourth-order valence-corrected chi connectivity index (χ4v) is 6.13. The number of β-amino-alcohol motifs (C(OH)–C–C–N with tert-alkyl or cyclic N) is 1. The van der Waals surface area contributed by atoms with Gasteiger partial charge in [0.1, 0.15) is 17.8 Å². The lowest BCUT2D eigenvalue weighted by molar-refractivity contribution is -0.157. The lowest BCUT2D eigenvalue weighted by Crippen LogP contribution is -2.50. The molecule has 0 saturated carbocycles. The van der Waals surface area contributed by atoms with Gasteiger partial charge in [-0.1, -0.05) is 44.2 Å². The van der Waals surface area contributed by atoms with Crippen LogP contribution in [0.5, 0.6) is 0 Å². The molecule has 238 valence electrons. The molecule has 6 rings (SSSR count). The molecule has 2 saturated heterocycles. The number of aromatic nitrogens is 2. The van der Waals surface area contributed by atoms with Gasteiger partial charge in [0.2, 0.25) is 11.8 Å². The molecule has 0 aliphatic carbocycles. The van der Waals surface area contributed by atoms with Crippen molar-refractivity contribution < 1.29 is 36.7 Å². The first kappa shape index (κ1) is 32.2. The van der Waals surface area contributed by atoms with Gasteiger partial charge >= 0.3 is 12.1 Å². The highest BCUT2D eigenvalue weighted by Crippen LogP contribution is 2.40. The summed E-state index contributed by atoms with van der Waals surface area (Å²) in [7, 11) is 0. The van der Waals surface area contributed by atoms with Crippen LogP contribution in [0.15, 0.2) is 59.3 Å². The van der Waals surface area contributed by atoms with Crippen molar-refractivity contribution in [3.05, 3.63) is 83.3 Å². The molecule has 12 heteroatoms. The number of hydrogen-bond donors (Lipinski definition) is 2. The summed E-state index contributed by atoms with van der Waals surface area (Å²) in [5.41, 5.74) is 1.52. The lowest BCUT2D eigenvalue weighted by Gasteiger charge is -2.43. The molecule has 2 aliphatic heterocycles. The Morgan fingerprint density at radius 3 is 2.49 bits per heavy atom. The predicted molar refractivity (Wildman–Crippen MR) is 158 cm³/mol. The van der Waals surface area contributed by atoms with Crippen molar-refractivity contribution in [2.24, 2.45) is 0 Å². The number of aliphatic hydroxyl groups is 1. The number of hydrogen-bond acceptors (Lipinski definition) is 7. The molecule has 0 radical (unpaired) electrons. The first-order valence-corrected chi connectivity index (χ1v) is 14.9. The molecule has 2 aromatic carbocycles. The standard InChI is InChI=1S/C31H28F4N4O4.C2H6/c1-30(42)16-39(14-17-2-4-18(5-3-17)25-15-43-29(37-25)31(33,34)35)11-10-23(30)21-6-8-24-22(27(21)32)12-19(13-36-24)20-7-9-26(40)38-28(20)41;1-2/h2-6,8,12-13,15,20,23,42H,7,9-11,14,16H2,1H3,(H,38,40,41);1-2H3. The monoisotopic (exact) mass is 626 g/mol. The van der Waals surface area contributed by atoms with E-state index in [1.165, 1.54) is 6.20 Å². The van der Waals surface area contributed by atoms with Crippen LogP contribution in [-0.4, -0.2) is 50.5 Å². The van der Waals surface area contributed by atoms with E-state index in [-0.39, 0.29) is 30.0 Å². The fourth-order valence-electron chi connectivity index (χ4n) is 6.13. The zero-order valence-corrected chi connectivity index (χ0v) is 25.1. The van der Waals surface area contributed by atoms with Gasteiger partial charge in [-0.3, -0.25) is 24.8 Å². The van der Waals surface area contributed by atoms with Gasteiger partial charge in [-0.2, -0.15) is 13.2 Å². The first-order chi connectivity index (χ1) is 21.4. The number of halogens is 4. The van der Waals surface area contributed by atoms with Crippen LogP contribution in [0.1, 0.15) is 74.5 Å². The second kappa shape index (κ2) is 12.7. The van der Waals surface area contributed by atoms with Crippen molar-refractivity contribution in [3.63, 3.8) is 0 Å². The largest absolute Gasteiger partial charge is 0.468 e. The van der Waals surface area contributed by atoms with Gasteiger partial charge in [0.05, 0.1) is 17.0 Å². The van der Waals surface area contributed by atoms with Gasteiger partial charge in [0, 0.05) is 42.6 Å². The summed E-state index contributed by atoms with van der Waals surface area (Å²) >= 11 is 0. The van der Waals surface area contributed by atoms with Gasteiger partial charge < -0.3 is 9.52 Å². The average molecular weight is 627 g/mol. The molecule has 45 heavy (non-hydrogen) atoms. The second-order valence-corrected chi connectivity index (χ2v) is 11.4. The summed E-state index contributed by atoms with van der Waals surface area (Å²) in [6, 6.07) is 11.9. The third-order valence-electron chi connectivity index (χ3n) is 8.30. The van der Waals surface area contributed by atoms with E-state index in [0.29, 0.717) is 48.1 Å². The summed E-state index contributed by atoms with van der Waals surface area (Å²) in [6.07, 6.45) is -1.15. The van der Waals surface area contributed by atoms with E-state index in [1.54, 1.807) is 49.4 Å². The normalized spacial score (nSPS) is 22.6. The SMILES string of the molecule is CC.CC1(O)CN(Cc2ccc(-c3coc(C(F)(F)F)n3)cc2)CCC1c1ccc2ncc(C3CCC(=O)NC3=O)cc2c1F. The van der Waals surface area contributed by atoms with Crippen LogP contribution in [0, 0.1) is 5.82 Å². The number of likely N-dealkylation sites (tertiary alicyclic amines) is 1. The number of oxazole rings is 1. The average Bonchev–Trinajstić information content (AvgIpc) is 3.51. The molecular formula is C33H34F4N4O4. The lowest BCUT2D eigenvalue weighted by atomic mass is 9.77. The summed E-state index contributed by atoms with van der Waals surface area (Å²) in [4.78, 5) is 33.8. The Bertz CT molecular complexity index is 1700. The number of alkyl halides is 3. The molecule has 2 aromatic heterocycles. The smallest absolute Gasteiger partial charge is 0.441 e. The fraction of sp³-hybridized carbons (Fsp3) is 0.394. The maximum Gasteiger partial charge on any atom is 0.468 e.